The number of imidazole rings is 1. The summed E-state index contributed by atoms with van der Waals surface area (Å²) in [6.45, 7) is 0. The summed E-state index contributed by atoms with van der Waals surface area (Å²) in [5.41, 5.74) is 5.71. The van der Waals surface area contributed by atoms with Gasteiger partial charge in [-0.3, -0.25) is 5.14 Å². The summed E-state index contributed by atoms with van der Waals surface area (Å²) >= 11 is 7.28. The number of halogens is 1. The molecule has 1 fully saturated rings. The van der Waals surface area contributed by atoms with Crippen LogP contribution in [0.25, 0.3) is 22.2 Å². The van der Waals surface area contributed by atoms with E-state index in [1.807, 2.05) is 30.3 Å². The van der Waals surface area contributed by atoms with Crippen LogP contribution in [0.2, 0.25) is 5.02 Å². The number of nitrogens with two attached hydrogens (primary N) is 1. The van der Waals surface area contributed by atoms with Gasteiger partial charge >= 0.3 is 0 Å². The molecule has 3 aromatic carbocycles. The minimum absolute atomic E-state index is 0.453. The van der Waals surface area contributed by atoms with Crippen molar-refractivity contribution in [2.24, 2.45) is 5.14 Å². The molecule has 134 valence electrons. The van der Waals surface area contributed by atoms with Gasteiger partial charge in [-0.05, 0) is 71.3 Å². The second-order valence-corrected chi connectivity index (χ2v) is 8.08. The predicted molar refractivity (Wildman–Crippen MR) is 113 cm³/mol. The Balaban J connectivity index is 1.46. The van der Waals surface area contributed by atoms with Gasteiger partial charge in [0.25, 0.3) is 0 Å². The fourth-order valence-electron chi connectivity index (χ4n) is 3.76. The molecule has 1 aromatic heterocycles. The first kappa shape index (κ1) is 16.9. The van der Waals surface area contributed by atoms with Crippen LogP contribution in [0, 0.1) is 0 Å². The minimum Gasteiger partial charge on any atom is -0.342 e. The van der Waals surface area contributed by atoms with Gasteiger partial charge in [0.2, 0.25) is 0 Å². The molecule has 4 aromatic rings. The summed E-state index contributed by atoms with van der Waals surface area (Å²) in [6, 6.07) is 22.7. The van der Waals surface area contributed by atoms with Gasteiger partial charge in [0.15, 0.2) is 0 Å². The molecule has 2 atom stereocenters. The molecule has 0 bridgehead atoms. The molecule has 3 nitrogen and oxygen atoms in total. The fraction of sp³-hybridized carbons (Fsp3) is 0.136. The lowest BCUT2D eigenvalue weighted by molar-refractivity contribution is 0.938. The SMILES string of the molecule is NSc1ccccc1-c1ccc2nc(C3CC3c3ccc(Cl)cc3)[nH]c2c1. The molecule has 0 aliphatic heterocycles. The third-order valence-electron chi connectivity index (χ3n) is 5.27. The van der Waals surface area contributed by atoms with E-state index in [9.17, 15) is 0 Å². The van der Waals surface area contributed by atoms with E-state index in [0.717, 1.165) is 44.3 Å². The van der Waals surface area contributed by atoms with E-state index in [1.165, 1.54) is 17.5 Å². The second kappa shape index (κ2) is 6.71. The van der Waals surface area contributed by atoms with Gasteiger partial charge in [0, 0.05) is 15.8 Å². The number of aromatic nitrogens is 2. The van der Waals surface area contributed by atoms with Crippen LogP contribution in [0.3, 0.4) is 0 Å². The van der Waals surface area contributed by atoms with Crippen LogP contribution < -0.4 is 5.14 Å². The zero-order chi connectivity index (χ0) is 18.4. The normalized spacial score (nSPS) is 18.7. The van der Waals surface area contributed by atoms with Gasteiger partial charge in [0.05, 0.1) is 11.0 Å². The summed E-state index contributed by atoms with van der Waals surface area (Å²) in [4.78, 5) is 9.45. The summed E-state index contributed by atoms with van der Waals surface area (Å²) < 4.78 is 0. The van der Waals surface area contributed by atoms with Crippen molar-refractivity contribution in [2.75, 3.05) is 0 Å². The van der Waals surface area contributed by atoms with Crippen molar-refractivity contribution in [2.45, 2.75) is 23.2 Å². The Kier molecular flexibility index (Phi) is 4.20. The molecule has 0 spiro atoms. The van der Waals surface area contributed by atoms with Crippen molar-refractivity contribution in [1.29, 1.82) is 0 Å². The van der Waals surface area contributed by atoms with Crippen molar-refractivity contribution >= 4 is 34.6 Å². The van der Waals surface area contributed by atoms with Crippen LogP contribution in [0.1, 0.15) is 29.6 Å². The average molecular weight is 392 g/mol. The van der Waals surface area contributed by atoms with Gasteiger partial charge in [-0.15, -0.1) is 0 Å². The number of rotatable bonds is 4. The van der Waals surface area contributed by atoms with Gasteiger partial charge in [-0.1, -0.05) is 48.0 Å². The van der Waals surface area contributed by atoms with Crippen LogP contribution in [0.5, 0.6) is 0 Å². The molecule has 2 unspecified atom stereocenters. The Labute approximate surface area is 167 Å². The number of hydrogen-bond donors (Lipinski definition) is 2. The topological polar surface area (TPSA) is 54.7 Å². The largest absolute Gasteiger partial charge is 0.342 e. The van der Waals surface area contributed by atoms with Crippen molar-refractivity contribution < 1.29 is 0 Å². The first-order valence-corrected chi connectivity index (χ1v) is 10.2. The number of hydrogen-bond acceptors (Lipinski definition) is 3. The summed E-state index contributed by atoms with van der Waals surface area (Å²) in [5, 5.41) is 6.60. The molecule has 1 aliphatic carbocycles. The second-order valence-electron chi connectivity index (χ2n) is 6.97. The number of nitrogens with one attached hydrogen (secondary N) is 1. The van der Waals surface area contributed by atoms with Gasteiger partial charge in [0.1, 0.15) is 5.82 Å². The van der Waals surface area contributed by atoms with E-state index in [4.69, 9.17) is 21.7 Å². The standard InChI is InChI=1S/C22H18ClN3S/c23-15-8-5-13(6-9-15)17-12-18(17)22-25-19-10-7-14(11-20(19)26-22)16-3-1-2-4-21(16)27-24/h1-11,17-18H,12,24H2,(H,25,26). The molecule has 1 heterocycles. The molecular formula is C22H18ClN3S. The Hall–Kier alpha value is -2.27. The third-order valence-corrected chi connectivity index (χ3v) is 6.13. The first-order chi connectivity index (χ1) is 13.2. The molecule has 5 heteroatoms. The zero-order valence-corrected chi connectivity index (χ0v) is 16.1. The maximum absolute atomic E-state index is 6.00. The van der Waals surface area contributed by atoms with Gasteiger partial charge in [-0.25, -0.2) is 4.98 Å². The van der Waals surface area contributed by atoms with Crippen LogP contribution in [0.4, 0.5) is 0 Å². The Bertz CT molecular complexity index is 1120. The van der Waals surface area contributed by atoms with E-state index >= 15 is 0 Å². The molecule has 1 saturated carbocycles. The lowest BCUT2D eigenvalue weighted by Gasteiger charge is -2.06. The third kappa shape index (κ3) is 3.14. The fourth-order valence-corrected chi connectivity index (χ4v) is 4.35. The molecular weight excluding hydrogens is 374 g/mol. The van der Waals surface area contributed by atoms with Crippen molar-refractivity contribution in [3.63, 3.8) is 0 Å². The van der Waals surface area contributed by atoms with Gasteiger partial charge < -0.3 is 4.98 Å². The highest BCUT2D eigenvalue weighted by Gasteiger charge is 2.41. The highest BCUT2D eigenvalue weighted by molar-refractivity contribution is 7.97. The van der Waals surface area contributed by atoms with Crippen molar-refractivity contribution in [3.8, 4) is 11.1 Å². The maximum atomic E-state index is 6.00. The first-order valence-electron chi connectivity index (χ1n) is 8.94. The molecule has 1 aliphatic rings. The smallest absolute Gasteiger partial charge is 0.110 e. The number of fused-ring (bicyclic) bond motifs is 1. The Morgan fingerprint density at radius 2 is 1.81 bits per heavy atom. The van der Waals surface area contributed by atoms with Crippen LogP contribution in [-0.4, -0.2) is 9.97 Å². The van der Waals surface area contributed by atoms with Crippen molar-refractivity contribution in [1.82, 2.24) is 9.97 Å². The highest BCUT2D eigenvalue weighted by Crippen LogP contribution is 2.54. The van der Waals surface area contributed by atoms with Crippen LogP contribution in [-0.2, 0) is 0 Å². The molecule has 0 amide bonds. The molecule has 0 radical (unpaired) electrons. The predicted octanol–water partition coefficient (Wildman–Crippen LogP) is 6.12. The monoisotopic (exact) mass is 391 g/mol. The molecule has 5 rings (SSSR count). The molecule has 0 saturated heterocycles. The van der Waals surface area contributed by atoms with E-state index in [2.05, 4.69) is 41.4 Å². The minimum atomic E-state index is 0.453. The summed E-state index contributed by atoms with van der Waals surface area (Å²) in [7, 11) is 0. The zero-order valence-electron chi connectivity index (χ0n) is 14.5. The van der Waals surface area contributed by atoms with E-state index in [0.29, 0.717) is 11.8 Å². The van der Waals surface area contributed by atoms with Crippen molar-refractivity contribution in [3.05, 3.63) is 83.1 Å². The quantitative estimate of drug-likeness (QED) is 0.412. The highest BCUT2D eigenvalue weighted by atomic mass is 35.5. The lowest BCUT2D eigenvalue weighted by atomic mass is 10.1. The number of benzene rings is 3. The summed E-state index contributed by atoms with van der Waals surface area (Å²) in [5.74, 6) is 2.05. The maximum Gasteiger partial charge on any atom is 0.110 e. The Morgan fingerprint density at radius 1 is 1.00 bits per heavy atom. The van der Waals surface area contributed by atoms with Crippen LogP contribution >= 0.6 is 23.5 Å². The lowest BCUT2D eigenvalue weighted by Crippen LogP contribution is -1.86. The number of H-pyrrole nitrogens is 1. The average Bonchev–Trinajstić information content (AvgIpc) is 3.39. The van der Waals surface area contributed by atoms with Crippen LogP contribution in [0.15, 0.2) is 71.6 Å². The van der Waals surface area contributed by atoms with Gasteiger partial charge in [-0.2, -0.15) is 0 Å². The summed E-state index contributed by atoms with van der Waals surface area (Å²) in [6.07, 6.45) is 1.13. The van der Waals surface area contributed by atoms with E-state index < -0.39 is 0 Å². The van der Waals surface area contributed by atoms with E-state index in [1.54, 1.807) is 0 Å². The van der Waals surface area contributed by atoms with E-state index in [-0.39, 0.29) is 0 Å². The molecule has 3 N–H and O–H groups in total. The molecule has 27 heavy (non-hydrogen) atoms. The number of aromatic amines is 1. The Morgan fingerprint density at radius 3 is 2.63 bits per heavy atom. The number of nitrogens with zero attached hydrogens (tertiary/aromatic N) is 1.